The van der Waals surface area contributed by atoms with Crippen molar-refractivity contribution in [3.05, 3.63) is 94.1 Å². The number of rotatable bonds is 7. The molecule has 29 heavy (non-hydrogen) atoms. The number of aromatic nitrogens is 2. The lowest BCUT2D eigenvalue weighted by Gasteiger charge is -2.18. The highest BCUT2D eigenvalue weighted by molar-refractivity contribution is 5.92. The van der Waals surface area contributed by atoms with Gasteiger partial charge < -0.3 is 14.6 Å². The molecule has 3 rings (SSSR count). The van der Waals surface area contributed by atoms with E-state index in [2.05, 4.69) is 10.3 Å². The minimum absolute atomic E-state index is 0.0626. The van der Waals surface area contributed by atoms with Gasteiger partial charge in [0.2, 0.25) is 5.91 Å². The minimum atomic E-state index is -0.496. The van der Waals surface area contributed by atoms with Crippen molar-refractivity contribution in [2.45, 2.75) is 6.04 Å². The molecule has 1 N–H and O–H groups in total. The van der Waals surface area contributed by atoms with Crippen LogP contribution in [0.4, 0.5) is 5.69 Å². The molecular formula is C21H20N4O4. The second-order valence-electron chi connectivity index (χ2n) is 6.26. The number of methoxy groups -OCH3 is 1. The fraction of sp³-hybridized carbons (Fsp3) is 0.143. The molecule has 1 atom stereocenters. The molecule has 1 aromatic heterocycles. The molecule has 0 radical (unpaired) electrons. The third-order valence-electron chi connectivity index (χ3n) is 4.40. The molecule has 1 heterocycles. The largest absolute Gasteiger partial charge is 0.497 e. The Balaban J connectivity index is 1.85. The first kappa shape index (κ1) is 19.8. The Morgan fingerprint density at radius 1 is 1.24 bits per heavy atom. The molecule has 0 aliphatic carbocycles. The van der Waals surface area contributed by atoms with Gasteiger partial charge in [-0.15, -0.1) is 0 Å². The van der Waals surface area contributed by atoms with Gasteiger partial charge in [0.15, 0.2) is 0 Å². The van der Waals surface area contributed by atoms with Crippen LogP contribution in [0, 0.1) is 10.1 Å². The van der Waals surface area contributed by atoms with Gasteiger partial charge in [-0.3, -0.25) is 14.9 Å². The van der Waals surface area contributed by atoms with Crippen molar-refractivity contribution in [1.29, 1.82) is 0 Å². The molecule has 2 aromatic carbocycles. The average Bonchev–Trinajstić information content (AvgIpc) is 3.16. The van der Waals surface area contributed by atoms with Crippen LogP contribution in [0.5, 0.6) is 5.75 Å². The first-order valence-electron chi connectivity index (χ1n) is 8.82. The fourth-order valence-corrected chi connectivity index (χ4v) is 2.90. The topological polar surface area (TPSA) is 99.3 Å². The van der Waals surface area contributed by atoms with E-state index >= 15 is 0 Å². The number of nitro benzene ring substituents is 1. The van der Waals surface area contributed by atoms with Gasteiger partial charge >= 0.3 is 0 Å². The molecule has 8 heteroatoms. The summed E-state index contributed by atoms with van der Waals surface area (Å²) in [6.07, 6.45) is 6.15. The van der Waals surface area contributed by atoms with Crippen LogP contribution in [0.1, 0.15) is 23.0 Å². The van der Waals surface area contributed by atoms with Gasteiger partial charge in [-0.1, -0.05) is 24.3 Å². The number of para-hydroxylation sites is 1. The lowest BCUT2D eigenvalue weighted by atomic mass is 10.1. The van der Waals surface area contributed by atoms with Crippen molar-refractivity contribution in [2.24, 2.45) is 7.05 Å². The highest BCUT2D eigenvalue weighted by Gasteiger charge is 2.20. The molecule has 148 valence electrons. The number of ether oxygens (including phenoxy) is 1. The Labute approximate surface area is 167 Å². The summed E-state index contributed by atoms with van der Waals surface area (Å²) in [7, 11) is 3.43. The van der Waals surface area contributed by atoms with Gasteiger partial charge in [-0.25, -0.2) is 4.98 Å². The van der Waals surface area contributed by atoms with Gasteiger partial charge in [0, 0.05) is 31.6 Å². The lowest BCUT2D eigenvalue weighted by Crippen LogP contribution is -2.29. The number of imidazole rings is 1. The van der Waals surface area contributed by atoms with Crippen LogP contribution in [0.2, 0.25) is 0 Å². The monoisotopic (exact) mass is 392 g/mol. The van der Waals surface area contributed by atoms with E-state index in [1.807, 2.05) is 23.7 Å². The minimum Gasteiger partial charge on any atom is -0.497 e. The highest BCUT2D eigenvalue weighted by Crippen LogP contribution is 2.23. The van der Waals surface area contributed by atoms with Gasteiger partial charge in [0.25, 0.3) is 5.69 Å². The summed E-state index contributed by atoms with van der Waals surface area (Å²) in [6.45, 7) is 0. The molecule has 0 aliphatic heterocycles. The van der Waals surface area contributed by atoms with E-state index in [9.17, 15) is 14.9 Å². The second-order valence-corrected chi connectivity index (χ2v) is 6.26. The van der Waals surface area contributed by atoms with Gasteiger partial charge in [-0.2, -0.15) is 0 Å². The molecule has 8 nitrogen and oxygen atoms in total. The summed E-state index contributed by atoms with van der Waals surface area (Å²) in [6, 6.07) is 13.1. The van der Waals surface area contributed by atoms with Crippen LogP contribution in [-0.2, 0) is 11.8 Å². The van der Waals surface area contributed by atoms with E-state index in [1.165, 1.54) is 18.2 Å². The molecule has 1 amide bonds. The molecule has 0 bridgehead atoms. The molecular weight excluding hydrogens is 372 g/mol. The zero-order valence-electron chi connectivity index (χ0n) is 16.0. The third kappa shape index (κ3) is 4.67. The standard InChI is InChI=1S/C21H20N4O4/c1-24-14-13-22-21(24)20(16-7-10-17(29-2)11-8-16)23-19(26)12-9-15-5-3-4-6-18(15)25(27)28/h3-14,20H,1-2H3,(H,23,26)/b12-9+. The number of nitro groups is 1. The number of nitrogens with zero attached hydrogens (tertiary/aromatic N) is 3. The van der Waals surface area contributed by atoms with Crippen LogP contribution in [0.25, 0.3) is 6.08 Å². The normalized spacial score (nSPS) is 11.9. The zero-order chi connectivity index (χ0) is 20.8. The predicted octanol–water partition coefficient (Wildman–Crippen LogP) is 3.26. The fourth-order valence-electron chi connectivity index (χ4n) is 2.90. The van der Waals surface area contributed by atoms with Crippen molar-refractivity contribution >= 4 is 17.7 Å². The van der Waals surface area contributed by atoms with E-state index in [-0.39, 0.29) is 5.69 Å². The molecule has 1 unspecified atom stereocenters. The van der Waals surface area contributed by atoms with Gasteiger partial charge in [0.1, 0.15) is 17.6 Å². The third-order valence-corrected chi connectivity index (χ3v) is 4.40. The predicted molar refractivity (Wildman–Crippen MR) is 108 cm³/mol. The van der Waals surface area contributed by atoms with Crippen LogP contribution in [0.3, 0.4) is 0 Å². The van der Waals surface area contributed by atoms with E-state index in [0.717, 1.165) is 5.56 Å². The first-order chi connectivity index (χ1) is 14.0. The van der Waals surface area contributed by atoms with Crippen molar-refractivity contribution in [1.82, 2.24) is 14.9 Å². The molecule has 0 saturated heterocycles. The Morgan fingerprint density at radius 2 is 1.97 bits per heavy atom. The maximum atomic E-state index is 12.6. The molecule has 3 aromatic rings. The van der Waals surface area contributed by atoms with Crippen LogP contribution < -0.4 is 10.1 Å². The number of carbonyl (C=O) groups is 1. The SMILES string of the molecule is COc1ccc(C(NC(=O)/C=C/c2ccccc2[N+](=O)[O-])c2nccn2C)cc1. The molecule has 0 spiro atoms. The van der Waals surface area contributed by atoms with E-state index < -0.39 is 16.9 Å². The number of benzene rings is 2. The summed E-state index contributed by atoms with van der Waals surface area (Å²) >= 11 is 0. The maximum Gasteiger partial charge on any atom is 0.276 e. The van der Waals surface area contributed by atoms with E-state index in [1.54, 1.807) is 49.8 Å². The Bertz CT molecular complexity index is 1040. The summed E-state index contributed by atoms with van der Waals surface area (Å²) in [5, 5.41) is 14.0. The Kier molecular flexibility index (Phi) is 6.03. The van der Waals surface area contributed by atoms with Crippen molar-refractivity contribution in [3.63, 3.8) is 0 Å². The number of hydrogen-bond acceptors (Lipinski definition) is 5. The number of aryl methyl sites for hydroxylation is 1. The average molecular weight is 392 g/mol. The van der Waals surface area contributed by atoms with Crippen LogP contribution >= 0.6 is 0 Å². The summed E-state index contributed by atoms with van der Waals surface area (Å²) in [4.78, 5) is 27.6. The summed E-state index contributed by atoms with van der Waals surface area (Å²) in [5.41, 5.74) is 1.12. The summed E-state index contributed by atoms with van der Waals surface area (Å²) < 4.78 is 7.01. The lowest BCUT2D eigenvalue weighted by molar-refractivity contribution is -0.385. The Morgan fingerprint density at radius 3 is 2.59 bits per heavy atom. The number of carbonyl (C=O) groups excluding carboxylic acids is 1. The first-order valence-corrected chi connectivity index (χ1v) is 8.82. The van der Waals surface area contributed by atoms with Crippen molar-refractivity contribution in [2.75, 3.05) is 7.11 Å². The van der Waals surface area contributed by atoms with Gasteiger partial charge in [-0.05, 0) is 29.8 Å². The number of hydrogen-bond donors (Lipinski definition) is 1. The zero-order valence-corrected chi connectivity index (χ0v) is 16.0. The van der Waals surface area contributed by atoms with Crippen LogP contribution in [0.15, 0.2) is 67.0 Å². The van der Waals surface area contributed by atoms with Crippen molar-refractivity contribution in [3.8, 4) is 5.75 Å². The van der Waals surface area contributed by atoms with E-state index in [4.69, 9.17) is 4.74 Å². The molecule has 0 aliphatic rings. The quantitative estimate of drug-likeness (QED) is 0.378. The van der Waals surface area contributed by atoms with Crippen molar-refractivity contribution < 1.29 is 14.5 Å². The van der Waals surface area contributed by atoms with Crippen LogP contribution in [-0.4, -0.2) is 27.5 Å². The Hall–Kier alpha value is -3.94. The second kappa shape index (κ2) is 8.83. The van der Waals surface area contributed by atoms with Gasteiger partial charge in [0.05, 0.1) is 17.6 Å². The van der Waals surface area contributed by atoms with E-state index in [0.29, 0.717) is 17.1 Å². The maximum absolute atomic E-state index is 12.6. The summed E-state index contributed by atoms with van der Waals surface area (Å²) in [5.74, 6) is 0.963. The number of nitrogens with one attached hydrogen (secondary N) is 1. The molecule has 0 saturated carbocycles. The number of amides is 1. The smallest absolute Gasteiger partial charge is 0.276 e. The molecule has 0 fully saturated rings. The highest BCUT2D eigenvalue weighted by atomic mass is 16.6.